The third kappa shape index (κ3) is 2.02. The van der Waals surface area contributed by atoms with Crippen LogP contribution in [0.1, 0.15) is 6.92 Å². The molecule has 0 radical (unpaired) electrons. The lowest BCUT2D eigenvalue weighted by molar-refractivity contribution is -0.0496. The molecule has 0 aromatic carbocycles. The molecular weight excluding hydrogens is 156 g/mol. The molecule has 0 saturated heterocycles. The monoisotopic (exact) mass is 162 g/mol. The van der Waals surface area contributed by atoms with Gasteiger partial charge in [0, 0.05) is 0 Å². The standard InChI is InChI=1S/C4H6ClF3O/c1-2(9)4(5,8)3(6)7/h2-3,9H,1H3. The van der Waals surface area contributed by atoms with Gasteiger partial charge in [-0.05, 0) is 6.92 Å². The number of aliphatic hydroxyl groups is 1. The minimum absolute atomic E-state index is 0.860. The van der Waals surface area contributed by atoms with E-state index in [9.17, 15) is 13.2 Å². The zero-order valence-corrected chi connectivity index (χ0v) is 5.37. The second-order valence-corrected chi connectivity index (χ2v) is 2.23. The van der Waals surface area contributed by atoms with Gasteiger partial charge in [0.2, 0.25) is 0 Å². The van der Waals surface area contributed by atoms with E-state index in [1.165, 1.54) is 0 Å². The first kappa shape index (κ1) is 9.04. The van der Waals surface area contributed by atoms with Gasteiger partial charge >= 0.3 is 0 Å². The van der Waals surface area contributed by atoms with E-state index in [2.05, 4.69) is 11.6 Å². The molecule has 2 unspecified atom stereocenters. The van der Waals surface area contributed by atoms with Crippen LogP contribution in [0.2, 0.25) is 0 Å². The maximum atomic E-state index is 12.1. The maximum Gasteiger partial charge on any atom is 0.288 e. The van der Waals surface area contributed by atoms with Gasteiger partial charge in [0.05, 0.1) is 0 Å². The van der Waals surface area contributed by atoms with E-state index in [4.69, 9.17) is 5.11 Å². The lowest BCUT2D eigenvalue weighted by atomic mass is 10.2. The predicted octanol–water partition coefficient (Wildman–Crippen LogP) is 1.54. The highest BCUT2D eigenvalue weighted by atomic mass is 35.5. The highest BCUT2D eigenvalue weighted by molar-refractivity contribution is 6.23. The van der Waals surface area contributed by atoms with Crippen LogP contribution in [-0.2, 0) is 0 Å². The molecule has 0 rings (SSSR count). The Morgan fingerprint density at radius 2 is 1.89 bits per heavy atom. The number of aliphatic hydroxyl groups excluding tert-OH is 1. The minimum atomic E-state index is -3.36. The first-order chi connectivity index (χ1) is 3.89. The summed E-state index contributed by atoms with van der Waals surface area (Å²) in [4.78, 5) is 0. The van der Waals surface area contributed by atoms with Crippen molar-refractivity contribution < 1.29 is 18.3 Å². The van der Waals surface area contributed by atoms with Crippen molar-refractivity contribution in [2.45, 2.75) is 24.6 Å². The van der Waals surface area contributed by atoms with Crippen LogP contribution in [0, 0.1) is 0 Å². The maximum absolute atomic E-state index is 12.1. The van der Waals surface area contributed by atoms with Gasteiger partial charge in [0.15, 0.2) is 0 Å². The number of hydrogen-bond donors (Lipinski definition) is 1. The summed E-state index contributed by atoms with van der Waals surface area (Å²) in [6.07, 6.45) is -5.22. The van der Waals surface area contributed by atoms with Crippen LogP contribution in [0.4, 0.5) is 13.2 Å². The summed E-state index contributed by atoms with van der Waals surface area (Å²) in [5.74, 6) is 0. The molecule has 56 valence electrons. The quantitative estimate of drug-likeness (QED) is 0.611. The first-order valence-electron chi connectivity index (χ1n) is 2.23. The van der Waals surface area contributed by atoms with Crippen molar-refractivity contribution >= 4 is 11.6 Å². The lowest BCUT2D eigenvalue weighted by Crippen LogP contribution is -2.36. The summed E-state index contributed by atoms with van der Waals surface area (Å²) in [6.45, 7) is 0.860. The molecule has 0 aliphatic heterocycles. The molecule has 0 aromatic heterocycles. The number of halogens is 4. The third-order valence-electron chi connectivity index (χ3n) is 0.848. The van der Waals surface area contributed by atoms with Crippen LogP contribution >= 0.6 is 11.6 Å². The molecule has 0 saturated carbocycles. The summed E-state index contributed by atoms with van der Waals surface area (Å²) in [7, 11) is 0. The second-order valence-electron chi connectivity index (χ2n) is 1.65. The van der Waals surface area contributed by atoms with E-state index in [0.717, 1.165) is 6.92 Å². The van der Waals surface area contributed by atoms with Gasteiger partial charge < -0.3 is 5.11 Å². The Hall–Kier alpha value is 0.0400. The summed E-state index contributed by atoms with van der Waals surface area (Å²) >= 11 is 4.54. The summed E-state index contributed by atoms with van der Waals surface area (Å²) < 4.78 is 34.9. The van der Waals surface area contributed by atoms with Crippen molar-refractivity contribution in [3.63, 3.8) is 0 Å². The van der Waals surface area contributed by atoms with Crippen LogP contribution < -0.4 is 0 Å². The average molecular weight is 163 g/mol. The molecule has 1 N–H and O–H groups in total. The summed E-state index contributed by atoms with van der Waals surface area (Å²) in [6, 6.07) is 0. The molecule has 1 nitrogen and oxygen atoms in total. The first-order valence-corrected chi connectivity index (χ1v) is 2.61. The zero-order chi connectivity index (χ0) is 7.65. The van der Waals surface area contributed by atoms with Gasteiger partial charge in [-0.15, -0.1) is 0 Å². The van der Waals surface area contributed by atoms with Crippen LogP contribution in [0.25, 0.3) is 0 Å². The Labute approximate surface area is 55.4 Å². The van der Waals surface area contributed by atoms with Crippen molar-refractivity contribution in [2.24, 2.45) is 0 Å². The van der Waals surface area contributed by atoms with Crippen molar-refractivity contribution in [1.82, 2.24) is 0 Å². The van der Waals surface area contributed by atoms with E-state index in [0.29, 0.717) is 0 Å². The fraction of sp³-hybridized carbons (Fsp3) is 1.00. The lowest BCUT2D eigenvalue weighted by Gasteiger charge is -2.18. The van der Waals surface area contributed by atoms with Gasteiger partial charge in [-0.3, -0.25) is 0 Å². The van der Waals surface area contributed by atoms with E-state index in [1.807, 2.05) is 0 Å². The molecule has 0 aliphatic rings. The molecule has 0 aliphatic carbocycles. The largest absolute Gasteiger partial charge is 0.389 e. The van der Waals surface area contributed by atoms with Crippen LogP contribution in [0.5, 0.6) is 0 Å². The number of alkyl halides is 4. The van der Waals surface area contributed by atoms with Crippen LogP contribution in [0.3, 0.4) is 0 Å². The molecule has 5 heteroatoms. The fourth-order valence-electron chi connectivity index (χ4n) is 0.182. The highest BCUT2D eigenvalue weighted by Crippen LogP contribution is 2.29. The predicted molar refractivity (Wildman–Crippen MR) is 27.4 cm³/mol. The Kier molecular flexibility index (Phi) is 2.76. The molecule has 0 bridgehead atoms. The average Bonchev–Trinajstić information content (AvgIpc) is 1.65. The smallest absolute Gasteiger partial charge is 0.288 e. The van der Waals surface area contributed by atoms with Crippen LogP contribution in [0.15, 0.2) is 0 Å². The third-order valence-corrected chi connectivity index (χ3v) is 1.33. The number of hydrogen-bond acceptors (Lipinski definition) is 1. The zero-order valence-electron chi connectivity index (χ0n) is 4.61. The fourth-order valence-corrected chi connectivity index (χ4v) is 0.182. The second kappa shape index (κ2) is 2.75. The van der Waals surface area contributed by atoms with Gasteiger partial charge in [0.1, 0.15) is 6.10 Å². The Bertz CT molecular complexity index is 83.8. The molecule has 2 atom stereocenters. The van der Waals surface area contributed by atoms with Crippen molar-refractivity contribution in [3.05, 3.63) is 0 Å². The van der Waals surface area contributed by atoms with E-state index in [-0.39, 0.29) is 0 Å². The van der Waals surface area contributed by atoms with Gasteiger partial charge in [0.25, 0.3) is 11.6 Å². The van der Waals surface area contributed by atoms with Gasteiger partial charge in [-0.2, -0.15) is 0 Å². The molecule has 0 amide bonds. The minimum Gasteiger partial charge on any atom is -0.389 e. The molecule has 0 heterocycles. The molecule has 0 aromatic rings. The Morgan fingerprint density at radius 3 is 1.89 bits per heavy atom. The van der Waals surface area contributed by atoms with E-state index >= 15 is 0 Å². The topological polar surface area (TPSA) is 20.2 Å². The van der Waals surface area contributed by atoms with Crippen LogP contribution in [-0.4, -0.2) is 22.8 Å². The Balaban J connectivity index is 4.01. The van der Waals surface area contributed by atoms with Gasteiger partial charge in [-0.25, -0.2) is 13.2 Å². The Morgan fingerprint density at radius 1 is 1.56 bits per heavy atom. The van der Waals surface area contributed by atoms with E-state index in [1.54, 1.807) is 0 Å². The number of rotatable bonds is 2. The molecule has 0 fully saturated rings. The highest BCUT2D eigenvalue weighted by Gasteiger charge is 2.42. The molecular formula is C4H6ClF3O. The molecule has 9 heavy (non-hydrogen) atoms. The van der Waals surface area contributed by atoms with Crippen molar-refractivity contribution in [1.29, 1.82) is 0 Å². The van der Waals surface area contributed by atoms with Crippen molar-refractivity contribution in [2.75, 3.05) is 0 Å². The van der Waals surface area contributed by atoms with Crippen molar-refractivity contribution in [3.8, 4) is 0 Å². The molecule has 0 spiro atoms. The summed E-state index contributed by atoms with van der Waals surface area (Å²) in [5.41, 5.74) is 0. The SMILES string of the molecule is CC(O)C(F)(Cl)C(F)F. The van der Waals surface area contributed by atoms with Gasteiger partial charge in [-0.1, -0.05) is 11.6 Å². The van der Waals surface area contributed by atoms with E-state index < -0.39 is 17.7 Å². The normalized spacial score (nSPS) is 21.7. The summed E-state index contributed by atoms with van der Waals surface area (Å²) in [5, 5.41) is 4.96.